The smallest absolute Gasteiger partial charge is 0.278 e. The van der Waals surface area contributed by atoms with Crippen molar-refractivity contribution in [3.63, 3.8) is 0 Å². The van der Waals surface area contributed by atoms with Crippen LogP contribution in [0.1, 0.15) is 28.7 Å². The number of benzene rings is 2. The van der Waals surface area contributed by atoms with Gasteiger partial charge in [-0.2, -0.15) is 5.10 Å². The van der Waals surface area contributed by atoms with Crippen LogP contribution in [-0.4, -0.2) is 25.7 Å². The van der Waals surface area contributed by atoms with Crippen molar-refractivity contribution in [2.24, 2.45) is 0 Å². The van der Waals surface area contributed by atoms with Crippen molar-refractivity contribution >= 4 is 28.8 Å². The van der Waals surface area contributed by atoms with E-state index in [1.54, 1.807) is 17.6 Å². The molecule has 1 amide bonds. The molecule has 4 aromatic rings. The van der Waals surface area contributed by atoms with Crippen molar-refractivity contribution in [2.75, 3.05) is 5.32 Å². The van der Waals surface area contributed by atoms with E-state index in [0.717, 1.165) is 17.5 Å². The molecular formula is C21H18ClN5O. The highest BCUT2D eigenvalue weighted by Crippen LogP contribution is 2.25. The quantitative estimate of drug-likeness (QED) is 0.553. The molecule has 28 heavy (non-hydrogen) atoms. The highest BCUT2D eigenvalue weighted by atomic mass is 35.5. The number of anilines is 1. The van der Waals surface area contributed by atoms with Gasteiger partial charge < -0.3 is 5.32 Å². The molecule has 0 aliphatic heterocycles. The van der Waals surface area contributed by atoms with Crippen molar-refractivity contribution < 1.29 is 4.79 Å². The molecule has 1 N–H and O–H groups in total. The fourth-order valence-electron chi connectivity index (χ4n) is 3.01. The van der Waals surface area contributed by atoms with E-state index in [-0.39, 0.29) is 11.6 Å². The maximum Gasteiger partial charge on any atom is 0.278 e. The highest BCUT2D eigenvalue weighted by molar-refractivity contribution is 6.30. The Morgan fingerprint density at radius 3 is 2.46 bits per heavy atom. The Morgan fingerprint density at radius 1 is 1.07 bits per heavy atom. The van der Waals surface area contributed by atoms with Gasteiger partial charge in [0.05, 0.1) is 11.9 Å². The molecule has 0 fully saturated rings. The molecule has 7 heteroatoms. The van der Waals surface area contributed by atoms with E-state index in [1.807, 2.05) is 48.5 Å². The summed E-state index contributed by atoms with van der Waals surface area (Å²) in [6.45, 7) is 3.89. The summed E-state index contributed by atoms with van der Waals surface area (Å²) >= 11 is 5.96. The molecule has 0 radical (unpaired) electrons. The minimum Gasteiger partial charge on any atom is -0.321 e. The second-order valence-electron chi connectivity index (χ2n) is 6.44. The van der Waals surface area contributed by atoms with Crippen molar-refractivity contribution in [3.8, 4) is 11.1 Å². The Labute approximate surface area is 167 Å². The molecule has 0 saturated heterocycles. The number of nitrogens with one attached hydrogen (secondary N) is 1. The minimum atomic E-state index is -0.320. The maximum absolute atomic E-state index is 12.7. The second-order valence-corrected chi connectivity index (χ2v) is 6.88. The number of amides is 1. The van der Waals surface area contributed by atoms with Crippen LogP contribution < -0.4 is 5.32 Å². The molecule has 4 rings (SSSR count). The Hall–Kier alpha value is -3.25. The molecule has 140 valence electrons. The van der Waals surface area contributed by atoms with Gasteiger partial charge in [-0.25, -0.2) is 4.52 Å². The summed E-state index contributed by atoms with van der Waals surface area (Å²) in [6.07, 6.45) is 2.66. The number of rotatable bonds is 4. The average molecular weight is 392 g/mol. The predicted octanol–water partition coefficient (Wildman–Crippen LogP) is 4.57. The van der Waals surface area contributed by atoms with Crippen LogP contribution in [0.3, 0.4) is 0 Å². The van der Waals surface area contributed by atoms with Crippen LogP contribution in [0.2, 0.25) is 5.02 Å². The van der Waals surface area contributed by atoms with Crippen LogP contribution in [0.15, 0.2) is 54.7 Å². The van der Waals surface area contributed by atoms with Crippen LogP contribution in [0, 0.1) is 6.92 Å². The number of halogens is 1. The zero-order chi connectivity index (χ0) is 19.7. The number of hydrogen-bond acceptors (Lipinski definition) is 4. The number of carbonyl (C=O) groups excluding carboxylic acids is 1. The van der Waals surface area contributed by atoms with Gasteiger partial charge in [0, 0.05) is 16.3 Å². The zero-order valence-corrected chi connectivity index (χ0v) is 16.2. The number of aromatic nitrogens is 4. The molecule has 0 bridgehead atoms. The lowest BCUT2D eigenvalue weighted by atomic mass is 10.1. The predicted molar refractivity (Wildman–Crippen MR) is 110 cm³/mol. The van der Waals surface area contributed by atoms with E-state index in [4.69, 9.17) is 11.6 Å². The highest BCUT2D eigenvalue weighted by Gasteiger charge is 2.18. The van der Waals surface area contributed by atoms with E-state index in [2.05, 4.69) is 27.5 Å². The van der Waals surface area contributed by atoms with Gasteiger partial charge in [0.2, 0.25) is 0 Å². The molecular weight excluding hydrogens is 374 g/mol. The fourth-order valence-corrected chi connectivity index (χ4v) is 3.14. The van der Waals surface area contributed by atoms with Gasteiger partial charge in [0.15, 0.2) is 11.3 Å². The summed E-state index contributed by atoms with van der Waals surface area (Å²) in [5.41, 5.74) is 5.12. The van der Waals surface area contributed by atoms with Crippen LogP contribution in [0.5, 0.6) is 0 Å². The molecule has 0 atom stereocenters. The summed E-state index contributed by atoms with van der Waals surface area (Å²) < 4.78 is 1.63. The summed E-state index contributed by atoms with van der Waals surface area (Å²) in [7, 11) is 0. The lowest BCUT2D eigenvalue weighted by molar-refractivity contribution is 0.102. The Kier molecular flexibility index (Phi) is 4.79. The van der Waals surface area contributed by atoms with Crippen LogP contribution in [0.25, 0.3) is 16.8 Å². The summed E-state index contributed by atoms with van der Waals surface area (Å²) in [4.78, 5) is 12.7. The molecule has 0 spiro atoms. The lowest BCUT2D eigenvalue weighted by Gasteiger charge is -2.08. The molecule has 2 heterocycles. The van der Waals surface area contributed by atoms with Crippen LogP contribution in [-0.2, 0) is 6.42 Å². The first-order valence-electron chi connectivity index (χ1n) is 8.94. The number of fused-ring (bicyclic) bond motifs is 1. The maximum atomic E-state index is 12.7. The SMILES string of the molecule is CCc1ccc(NC(=O)c2nnc3c(-c4ccc(Cl)cc4)cnn3c2C)cc1. The normalized spacial score (nSPS) is 11.0. The molecule has 0 aliphatic carbocycles. The lowest BCUT2D eigenvalue weighted by Crippen LogP contribution is -2.18. The van der Waals surface area contributed by atoms with Gasteiger partial charge in [-0.15, -0.1) is 10.2 Å². The number of carbonyl (C=O) groups is 1. The van der Waals surface area contributed by atoms with Gasteiger partial charge in [0.1, 0.15) is 0 Å². The third-order valence-electron chi connectivity index (χ3n) is 4.64. The zero-order valence-electron chi connectivity index (χ0n) is 15.5. The van der Waals surface area contributed by atoms with Crippen molar-refractivity contribution in [3.05, 3.63) is 76.7 Å². The van der Waals surface area contributed by atoms with E-state index in [1.165, 1.54) is 5.56 Å². The van der Waals surface area contributed by atoms with Gasteiger partial charge >= 0.3 is 0 Å². The van der Waals surface area contributed by atoms with Crippen molar-refractivity contribution in [2.45, 2.75) is 20.3 Å². The topological polar surface area (TPSA) is 72.2 Å². The Balaban J connectivity index is 1.66. The monoisotopic (exact) mass is 391 g/mol. The first-order valence-corrected chi connectivity index (χ1v) is 9.32. The first-order chi connectivity index (χ1) is 13.6. The van der Waals surface area contributed by atoms with Gasteiger partial charge in [-0.1, -0.05) is 42.8 Å². The number of aryl methyl sites for hydroxylation is 2. The summed E-state index contributed by atoms with van der Waals surface area (Å²) in [5.74, 6) is -0.320. The van der Waals surface area contributed by atoms with E-state index < -0.39 is 0 Å². The molecule has 6 nitrogen and oxygen atoms in total. The van der Waals surface area contributed by atoms with Gasteiger partial charge in [-0.05, 0) is 48.7 Å². The molecule has 2 aromatic carbocycles. The fraction of sp³-hybridized carbons (Fsp3) is 0.143. The third kappa shape index (κ3) is 3.34. The van der Waals surface area contributed by atoms with Gasteiger partial charge in [0.25, 0.3) is 5.91 Å². The second kappa shape index (κ2) is 7.40. The Bertz CT molecular complexity index is 1150. The number of hydrogen-bond donors (Lipinski definition) is 1. The van der Waals surface area contributed by atoms with E-state index >= 15 is 0 Å². The van der Waals surface area contributed by atoms with Crippen molar-refractivity contribution in [1.29, 1.82) is 0 Å². The van der Waals surface area contributed by atoms with Crippen LogP contribution in [0.4, 0.5) is 5.69 Å². The average Bonchev–Trinajstić information content (AvgIpc) is 3.14. The first kappa shape index (κ1) is 18.1. The molecule has 2 aromatic heterocycles. The number of nitrogens with zero attached hydrogens (tertiary/aromatic N) is 4. The minimum absolute atomic E-state index is 0.234. The van der Waals surface area contributed by atoms with E-state index in [9.17, 15) is 4.79 Å². The summed E-state index contributed by atoms with van der Waals surface area (Å²) in [6, 6.07) is 15.2. The largest absolute Gasteiger partial charge is 0.321 e. The standard InChI is InChI=1S/C21H18ClN5O/c1-3-14-4-10-17(11-5-14)24-21(28)19-13(2)27-20(26-25-19)18(12-23-27)15-6-8-16(22)9-7-15/h4-12H,3H2,1-2H3,(H,24,28). The Morgan fingerprint density at radius 2 is 1.79 bits per heavy atom. The molecule has 0 unspecified atom stereocenters. The summed E-state index contributed by atoms with van der Waals surface area (Å²) in [5, 5.41) is 16.3. The molecule has 0 saturated carbocycles. The van der Waals surface area contributed by atoms with E-state index in [0.29, 0.717) is 22.1 Å². The van der Waals surface area contributed by atoms with Crippen LogP contribution >= 0.6 is 11.6 Å². The van der Waals surface area contributed by atoms with Gasteiger partial charge in [-0.3, -0.25) is 4.79 Å². The third-order valence-corrected chi connectivity index (χ3v) is 4.89. The van der Waals surface area contributed by atoms with Crippen molar-refractivity contribution in [1.82, 2.24) is 19.8 Å². The molecule has 0 aliphatic rings.